The summed E-state index contributed by atoms with van der Waals surface area (Å²) in [5.74, 6) is 0. The van der Waals surface area contributed by atoms with Crippen LogP contribution in [0.25, 0.3) is 0 Å². The molecule has 90 valence electrons. The fraction of sp³-hybridized carbons (Fsp3) is 0.231. The number of thiophene rings is 1. The quantitative estimate of drug-likeness (QED) is 0.818. The van der Waals surface area contributed by atoms with Crippen molar-refractivity contribution in [1.29, 1.82) is 0 Å². The lowest BCUT2D eigenvalue weighted by molar-refractivity contribution is 0.724. The second kappa shape index (κ2) is 5.65. The van der Waals surface area contributed by atoms with Gasteiger partial charge in [-0.1, -0.05) is 34.1 Å². The van der Waals surface area contributed by atoms with Gasteiger partial charge in [-0.15, -0.1) is 11.3 Å². The van der Waals surface area contributed by atoms with Crippen molar-refractivity contribution < 1.29 is 0 Å². The standard InChI is InChI=1S/C13H13Br2NS/c1-8-3-2-4-9(13(8)15)11(16)7-12-10(14)5-6-17-12/h2-6,11H,7,16H2,1H3. The second-order valence-corrected chi connectivity index (χ2v) is 6.63. The Morgan fingerprint density at radius 2 is 2.06 bits per heavy atom. The maximum Gasteiger partial charge on any atom is 0.0355 e. The number of hydrogen-bond donors (Lipinski definition) is 1. The molecule has 0 radical (unpaired) electrons. The van der Waals surface area contributed by atoms with Crippen molar-refractivity contribution in [2.75, 3.05) is 0 Å². The summed E-state index contributed by atoms with van der Waals surface area (Å²) in [6.45, 7) is 2.08. The molecule has 0 spiro atoms. The summed E-state index contributed by atoms with van der Waals surface area (Å²) in [7, 11) is 0. The first-order chi connectivity index (χ1) is 8.09. The number of benzene rings is 1. The largest absolute Gasteiger partial charge is 0.324 e. The predicted molar refractivity (Wildman–Crippen MR) is 81.5 cm³/mol. The van der Waals surface area contributed by atoms with Crippen molar-refractivity contribution >= 4 is 43.2 Å². The highest BCUT2D eigenvalue weighted by Crippen LogP contribution is 2.31. The molecule has 0 aliphatic heterocycles. The lowest BCUT2D eigenvalue weighted by Crippen LogP contribution is -2.13. The van der Waals surface area contributed by atoms with Gasteiger partial charge in [-0.05, 0) is 45.4 Å². The van der Waals surface area contributed by atoms with Crippen LogP contribution in [-0.4, -0.2) is 0 Å². The Morgan fingerprint density at radius 3 is 2.71 bits per heavy atom. The fourth-order valence-corrected chi connectivity index (χ4v) is 3.87. The summed E-state index contributed by atoms with van der Waals surface area (Å²) in [5.41, 5.74) is 8.68. The summed E-state index contributed by atoms with van der Waals surface area (Å²) in [4.78, 5) is 1.30. The van der Waals surface area contributed by atoms with Gasteiger partial charge in [0, 0.05) is 26.3 Å². The molecule has 4 heteroatoms. The van der Waals surface area contributed by atoms with E-state index in [0.29, 0.717) is 0 Å². The fourth-order valence-electron chi connectivity index (χ4n) is 1.74. The van der Waals surface area contributed by atoms with Gasteiger partial charge in [-0.2, -0.15) is 0 Å². The van der Waals surface area contributed by atoms with Gasteiger partial charge in [0.15, 0.2) is 0 Å². The van der Waals surface area contributed by atoms with Gasteiger partial charge in [0.2, 0.25) is 0 Å². The third-order valence-electron chi connectivity index (χ3n) is 2.72. The molecule has 1 nitrogen and oxygen atoms in total. The van der Waals surface area contributed by atoms with Crippen LogP contribution in [0.15, 0.2) is 38.6 Å². The van der Waals surface area contributed by atoms with Gasteiger partial charge in [0.25, 0.3) is 0 Å². The van der Waals surface area contributed by atoms with Crippen molar-refractivity contribution in [2.24, 2.45) is 5.73 Å². The molecule has 0 saturated carbocycles. The summed E-state index contributed by atoms with van der Waals surface area (Å²) in [6.07, 6.45) is 0.861. The van der Waals surface area contributed by atoms with E-state index in [4.69, 9.17) is 5.73 Å². The van der Waals surface area contributed by atoms with Gasteiger partial charge < -0.3 is 5.73 Å². The van der Waals surface area contributed by atoms with Crippen LogP contribution in [0.3, 0.4) is 0 Å². The van der Waals surface area contributed by atoms with E-state index in [9.17, 15) is 0 Å². The number of rotatable bonds is 3. The third-order valence-corrected chi connectivity index (χ3v) is 5.75. The molecule has 0 amide bonds. The smallest absolute Gasteiger partial charge is 0.0355 e. The Labute approximate surface area is 122 Å². The molecular weight excluding hydrogens is 362 g/mol. The molecule has 0 fully saturated rings. The van der Waals surface area contributed by atoms with Gasteiger partial charge in [-0.25, -0.2) is 0 Å². The van der Waals surface area contributed by atoms with Crippen molar-refractivity contribution in [3.05, 3.63) is 54.6 Å². The van der Waals surface area contributed by atoms with Crippen LogP contribution in [0.5, 0.6) is 0 Å². The van der Waals surface area contributed by atoms with E-state index < -0.39 is 0 Å². The maximum atomic E-state index is 6.28. The van der Waals surface area contributed by atoms with Gasteiger partial charge in [0.1, 0.15) is 0 Å². The number of hydrogen-bond acceptors (Lipinski definition) is 2. The van der Waals surface area contributed by atoms with E-state index in [-0.39, 0.29) is 6.04 Å². The monoisotopic (exact) mass is 373 g/mol. The highest BCUT2D eigenvalue weighted by molar-refractivity contribution is 9.10. The number of aryl methyl sites for hydroxylation is 1. The SMILES string of the molecule is Cc1cccc(C(N)Cc2sccc2Br)c1Br. The zero-order chi connectivity index (χ0) is 12.4. The molecule has 0 aliphatic rings. The Bertz CT molecular complexity index is 522. The van der Waals surface area contributed by atoms with Gasteiger partial charge in [0.05, 0.1) is 0 Å². The minimum atomic E-state index is 0.0271. The van der Waals surface area contributed by atoms with E-state index in [1.807, 2.05) is 0 Å². The Kier molecular flexibility index (Phi) is 4.42. The summed E-state index contributed by atoms with van der Waals surface area (Å²) in [6, 6.07) is 8.32. The Hall–Kier alpha value is -0.160. The van der Waals surface area contributed by atoms with E-state index in [1.54, 1.807) is 11.3 Å². The Morgan fingerprint density at radius 1 is 1.29 bits per heavy atom. The number of halogens is 2. The van der Waals surface area contributed by atoms with E-state index in [2.05, 4.69) is 68.4 Å². The van der Waals surface area contributed by atoms with Crippen LogP contribution in [0.2, 0.25) is 0 Å². The molecule has 2 rings (SSSR count). The molecule has 1 aromatic heterocycles. The van der Waals surface area contributed by atoms with Gasteiger partial charge in [-0.3, -0.25) is 0 Å². The first kappa shape index (κ1) is 13.3. The second-order valence-electron chi connectivity index (χ2n) is 3.98. The molecule has 17 heavy (non-hydrogen) atoms. The van der Waals surface area contributed by atoms with Crippen molar-refractivity contribution in [1.82, 2.24) is 0 Å². The molecule has 1 atom stereocenters. The first-order valence-corrected chi connectivity index (χ1v) is 7.78. The molecular formula is C13H13Br2NS. The first-order valence-electron chi connectivity index (χ1n) is 5.32. The molecule has 1 unspecified atom stereocenters. The number of nitrogens with two attached hydrogens (primary N) is 1. The summed E-state index contributed by atoms with van der Waals surface area (Å²) < 4.78 is 2.28. The lowest BCUT2D eigenvalue weighted by Gasteiger charge is -2.14. The highest BCUT2D eigenvalue weighted by atomic mass is 79.9. The van der Waals surface area contributed by atoms with E-state index in [0.717, 1.165) is 15.4 Å². The van der Waals surface area contributed by atoms with Crippen LogP contribution in [0.1, 0.15) is 22.0 Å². The summed E-state index contributed by atoms with van der Waals surface area (Å²) in [5, 5.41) is 2.08. The Balaban J connectivity index is 2.23. The predicted octanol–water partition coefficient (Wildman–Crippen LogP) is 4.82. The lowest BCUT2D eigenvalue weighted by atomic mass is 10.0. The zero-order valence-electron chi connectivity index (χ0n) is 9.41. The van der Waals surface area contributed by atoms with Crippen LogP contribution < -0.4 is 5.73 Å². The highest BCUT2D eigenvalue weighted by Gasteiger charge is 2.13. The minimum absolute atomic E-state index is 0.0271. The van der Waals surface area contributed by atoms with Crippen molar-refractivity contribution in [3.8, 4) is 0 Å². The molecule has 0 bridgehead atoms. The molecule has 1 aromatic carbocycles. The molecule has 0 aliphatic carbocycles. The van der Waals surface area contributed by atoms with Crippen LogP contribution in [0, 0.1) is 6.92 Å². The minimum Gasteiger partial charge on any atom is -0.324 e. The third kappa shape index (κ3) is 2.99. The van der Waals surface area contributed by atoms with Gasteiger partial charge >= 0.3 is 0 Å². The maximum absolute atomic E-state index is 6.28. The molecule has 0 saturated heterocycles. The zero-order valence-corrected chi connectivity index (χ0v) is 13.4. The van der Waals surface area contributed by atoms with Crippen LogP contribution in [-0.2, 0) is 6.42 Å². The summed E-state index contributed by atoms with van der Waals surface area (Å²) >= 11 is 8.90. The van der Waals surface area contributed by atoms with Crippen molar-refractivity contribution in [2.45, 2.75) is 19.4 Å². The average Bonchev–Trinajstić information content (AvgIpc) is 2.68. The van der Waals surface area contributed by atoms with Crippen LogP contribution >= 0.6 is 43.2 Å². The van der Waals surface area contributed by atoms with E-state index >= 15 is 0 Å². The van der Waals surface area contributed by atoms with Crippen molar-refractivity contribution in [3.63, 3.8) is 0 Å². The topological polar surface area (TPSA) is 26.0 Å². The molecule has 2 aromatic rings. The van der Waals surface area contributed by atoms with Crippen LogP contribution in [0.4, 0.5) is 0 Å². The normalized spacial score (nSPS) is 12.7. The average molecular weight is 375 g/mol. The molecule has 2 N–H and O–H groups in total. The van der Waals surface area contributed by atoms with E-state index in [1.165, 1.54) is 16.0 Å². The molecule has 1 heterocycles.